The molecule has 0 radical (unpaired) electrons. The first-order chi connectivity index (χ1) is 15.9. The number of aliphatic hydroxyl groups excluding tert-OH is 2. The zero-order valence-corrected chi connectivity index (χ0v) is 19.9. The van der Waals surface area contributed by atoms with Crippen LogP contribution in [0.3, 0.4) is 0 Å². The minimum absolute atomic E-state index is 0.207. The van der Waals surface area contributed by atoms with Crippen LogP contribution in [0, 0.1) is 12.3 Å². The summed E-state index contributed by atoms with van der Waals surface area (Å²) in [5.41, 5.74) is 9.52. The van der Waals surface area contributed by atoms with Crippen molar-refractivity contribution < 1.29 is 10.2 Å². The Morgan fingerprint density at radius 2 is 2.00 bits per heavy atom. The molecule has 33 heavy (non-hydrogen) atoms. The van der Waals surface area contributed by atoms with Gasteiger partial charge in [0.15, 0.2) is 0 Å². The van der Waals surface area contributed by atoms with Crippen LogP contribution in [0.4, 0.5) is 5.82 Å². The highest BCUT2D eigenvalue weighted by Crippen LogP contribution is 2.58. The van der Waals surface area contributed by atoms with E-state index in [-0.39, 0.29) is 11.5 Å². The second-order valence-electron chi connectivity index (χ2n) is 9.74. The average molecular weight is 508 g/mol. The number of anilines is 1. The molecule has 6 rings (SSSR count). The van der Waals surface area contributed by atoms with Crippen LogP contribution in [0.2, 0.25) is 0 Å². The molecule has 0 amide bonds. The molecule has 7 nitrogen and oxygen atoms in total. The van der Waals surface area contributed by atoms with Crippen molar-refractivity contribution in [3.63, 3.8) is 0 Å². The van der Waals surface area contributed by atoms with Crippen LogP contribution in [0.15, 0.2) is 47.3 Å². The summed E-state index contributed by atoms with van der Waals surface area (Å²) in [7, 11) is 0. The van der Waals surface area contributed by atoms with E-state index < -0.39 is 12.2 Å². The second kappa shape index (κ2) is 7.48. The maximum absolute atomic E-state index is 11.2. The van der Waals surface area contributed by atoms with Gasteiger partial charge in [-0.2, -0.15) is 0 Å². The Bertz CT molecular complexity index is 1390. The van der Waals surface area contributed by atoms with Crippen LogP contribution in [0.25, 0.3) is 21.9 Å². The van der Waals surface area contributed by atoms with Crippen molar-refractivity contribution in [2.24, 2.45) is 5.41 Å². The predicted octanol–water partition coefficient (Wildman–Crippen LogP) is 4.25. The average Bonchev–Trinajstić information content (AvgIpc) is 3.48. The molecular weight excluding hydrogens is 482 g/mol. The molecule has 0 aliphatic heterocycles. The van der Waals surface area contributed by atoms with Gasteiger partial charge in [0.2, 0.25) is 0 Å². The molecule has 3 heterocycles. The SMILES string of the molecule is Cc1ncnc2c1ccn2[C@@H]1C[C@@]2(CC[C@@H](c3ccc4cc(Br)c(N)nc4c3)C2)[C@@H](O)[C@H]1O. The molecule has 2 aliphatic carbocycles. The van der Waals surface area contributed by atoms with E-state index in [1.165, 1.54) is 5.56 Å². The molecule has 1 spiro atoms. The Labute approximate surface area is 199 Å². The standard InChI is InChI=1S/C25H26BrN5O2/c1-13-17-5-7-31(24(17)29-12-28-13)20-11-25(22(33)21(20)32)6-4-16(10-25)14-2-3-15-8-18(26)23(27)30-19(15)9-14/h2-3,5,7-9,12,16,20-22,32-33H,4,6,10-11H2,1H3,(H2,27,30)/t16-,20-,21+,22+,25+/m1/s1. The lowest BCUT2D eigenvalue weighted by Crippen LogP contribution is -2.35. The summed E-state index contributed by atoms with van der Waals surface area (Å²) < 4.78 is 2.83. The Balaban J connectivity index is 1.30. The normalized spacial score (nSPS) is 29.6. The summed E-state index contributed by atoms with van der Waals surface area (Å²) in [5, 5.41) is 24.3. The molecule has 0 unspecified atom stereocenters. The smallest absolute Gasteiger partial charge is 0.143 e. The highest BCUT2D eigenvalue weighted by molar-refractivity contribution is 9.10. The van der Waals surface area contributed by atoms with E-state index in [2.05, 4.69) is 49.1 Å². The number of nitrogens with zero attached hydrogens (tertiary/aromatic N) is 4. The maximum atomic E-state index is 11.2. The Morgan fingerprint density at radius 3 is 2.85 bits per heavy atom. The quantitative estimate of drug-likeness (QED) is 0.374. The minimum atomic E-state index is -0.829. The van der Waals surface area contributed by atoms with Crippen molar-refractivity contribution in [3.8, 4) is 0 Å². The van der Waals surface area contributed by atoms with Gasteiger partial charge < -0.3 is 20.5 Å². The third kappa shape index (κ3) is 3.19. The van der Waals surface area contributed by atoms with Crippen LogP contribution in [-0.4, -0.2) is 41.9 Å². The van der Waals surface area contributed by atoms with E-state index in [0.29, 0.717) is 11.7 Å². The van der Waals surface area contributed by atoms with Gasteiger partial charge in [0.1, 0.15) is 23.9 Å². The van der Waals surface area contributed by atoms with Crippen molar-refractivity contribution in [3.05, 3.63) is 58.6 Å². The first-order valence-corrected chi connectivity index (χ1v) is 12.2. The number of pyridine rings is 1. The van der Waals surface area contributed by atoms with Gasteiger partial charge in [0.05, 0.1) is 27.8 Å². The fraction of sp³-hybridized carbons (Fsp3) is 0.400. The summed E-state index contributed by atoms with van der Waals surface area (Å²) in [6.45, 7) is 1.96. The van der Waals surface area contributed by atoms with Gasteiger partial charge in [-0.25, -0.2) is 15.0 Å². The predicted molar refractivity (Wildman–Crippen MR) is 131 cm³/mol. The molecular formula is C25H26BrN5O2. The van der Waals surface area contributed by atoms with Gasteiger partial charge in [-0.15, -0.1) is 0 Å². The van der Waals surface area contributed by atoms with Gasteiger partial charge in [-0.3, -0.25) is 0 Å². The molecule has 4 aromatic rings. The third-order valence-electron chi connectivity index (χ3n) is 7.96. The Kier molecular flexibility index (Phi) is 4.76. The monoisotopic (exact) mass is 507 g/mol. The first-order valence-electron chi connectivity index (χ1n) is 11.4. The highest BCUT2D eigenvalue weighted by Gasteiger charge is 2.56. The number of hydrogen-bond acceptors (Lipinski definition) is 6. The van der Waals surface area contributed by atoms with Crippen LogP contribution >= 0.6 is 15.9 Å². The number of aromatic nitrogens is 4. The number of benzene rings is 1. The molecule has 0 bridgehead atoms. The summed E-state index contributed by atoms with van der Waals surface area (Å²) in [6.07, 6.45) is 5.36. The zero-order valence-electron chi connectivity index (χ0n) is 18.3. The van der Waals surface area contributed by atoms with Gasteiger partial charge >= 0.3 is 0 Å². The van der Waals surface area contributed by atoms with Crippen molar-refractivity contribution in [2.75, 3.05) is 5.73 Å². The molecule has 3 aromatic heterocycles. The number of halogens is 1. The minimum Gasteiger partial charge on any atom is -0.390 e. The number of fused-ring (bicyclic) bond motifs is 2. The van der Waals surface area contributed by atoms with Crippen molar-refractivity contribution in [1.29, 1.82) is 0 Å². The molecule has 2 aliphatic rings. The van der Waals surface area contributed by atoms with Gasteiger partial charge in [0.25, 0.3) is 0 Å². The zero-order chi connectivity index (χ0) is 22.9. The molecule has 2 fully saturated rings. The fourth-order valence-corrected chi connectivity index (χ4v) is 6.52. The van der Waals surface area contributed by atoms with E-state index in [1.54, 1.807) is 6.33 Å². The highest BCUT2D eigenvalue weighted by atomic mass is 79.9. The number of aryl methyl sites for hydroxylation is 1. The number of rotatable bonds is 2. The molecule has 0 saturated heterocycles. The molecule has 2 saturated carbocycles. The summed E-state index contributed by atoms with van der Waals surface area (Å²) >= 11 is 3.45. The molecule has 5 atom stereocenters. The molecule has 1 aromatic carbocycles. The molecule has 8 heteroatoms. The fourth-order valence-electron chi connectivity index (χ4n) is 6.18. The molecule has 170 valence electrons. The lowest BCUT2D eigenvalue weighted by molar-refractivity contribution is -0.0260. The number of hydrogen-bond donors (Lipinski definition) is 3. The lowest BCUT2D eigenvalue weighted by Gasteiger charge is -2.28. The van der Waals surface area contributed by atoms with Crippen LogP contribution in [0.1, 0.15) is 48.9 Å². The first kappa shape index (κ1) is 21.0. The maximum Gasteiger partial charge on any atom is 0.143 e. The van der Waals surface area contributed by atoms with E-state index in [1.807, 2.05) is 29.8 Å². The van der Waals surface area contributed by atoms with Crippen LogP contribution in [0.5, 0.6) is 0 Å². The third-order valence-corrected chi connectivity index (χ3v) is 8.60. The number of nitrogens with two attached hydrogens (primary N) is 1. The summed E-state index contributed by atoms with van der Waals surface area (Å²) in [6, 6.07) is 10.1. The second-order valence-corrected chi connectivity index (χ2v) is 10.6. The number of aliphatic hydroxyl groups is 2. The van der Waals surface area contributed by atoms with E-state index in [0.717, 1.165) is 57.8 Å². The van der Waals surface area contributed by atoms with Crippen LogP contribution < -0.4 is 5.73 Å². The van der Waals surface area contributed by atoms with Crippen molar-refractivity contribution in [2.45, 2.75) is 56.8 Å². The molecule has 4 N–H and O–H groups in total. The lowest BCUT2D eigenvalue weighted by atomic mass is 9.80. The number of nitrogen functional groups attached to an aromatic ring is 1. The van der Waals surface area contributed by atoms with Gasteiger partial charge in [0, 0.05) is 22.4 Å². The van der Waals surface area contributed by atoms with Gasteiger partial charge in [-0.05, 0) is 78.2 Å². The van der Waals surface area contributed by atoms with Crippen molar-refractivity contribution in [1.82, 2.24) is 19.5 Å². The largest absolute Gasteiger partial charge is 0.390 e. The van der Waals surface area contributed by atoms with E-state index in [4.69, 9.17) is 5.73 Å². The summed E-state index contributed by atoms with van der Waals surface area (Å²) in [5.74, 6) is 0.797. The topological polar surface area (TPSA) is 110 Å². The summed E-state index contributed by atoms with van der Waals surface area (Å²) in [4.78, 5) is 13.3. The van der Waals surface area contributed by atoms with E-state index >= 15 is 0 Å². The van der Waals surface area contributed by atoms with E-state index in [9.17, 15) is 10.2 Å². The van der Waals surface area contributed by atoms with Gasteiger partial charge in [-0.1, -0.05) is 12.1 Å². The van der Waals surface area contributed by atoms with Crippen LogP contribution in [-0.2, 0) is 0 Å². The Hall–Kier alpha value is -2.55. The Morgan fingerprint density at radius 1 is 1.15 bits per heavy atom. The van der Waals surface area contributed by atoms with Crippen molar-refractivity contribution >= 4 is 43.7 Å².